The van der Waals surface area contributed by atoms with Crippen molar-refractivity contribution in [2.45, 2.75) is 93.5 Å². The number of carbonyl (C=O) groups excluding carboxylic acids is 4. The molecular weight excluding hydrogens is 1420 g/mol. The Morgan fingerprint density at radius 1 is 0.606 bits per heavy atom. The Bertz CT molecular complexity index is 4040. The van der Waals surface area contributed by atoms with Gasteiger partial charge in [0, 0.05) is 114 Å². The van der Waals surface area contributed by atoms with Gasteiger partial charge in [-0.1, -0.05) is 109 Å². The fourth-order valence-corrected chi connectivity index (χ4v) is 14.8. The summed E-state index contributed by atoms with van der Waals surface area (Å²) >= 11 is 0. The first-order valence-electron chi connectivity index (χ1n) is 34.2. The van der Waals surface area contributed by atoms with Gasteiger partial charge in [0.1, 0.15) is 24.8 Å². The van der Waals surface area contributed by atoms with E-state index in [0.717, 1.165) is 38.3 Å². The van der Waals surface area contributed by atoms with Crippen LogP contribution >= 0.6 is 37.2 Å². The molecular formula is C78H88Cl3F7N8O8. The van der Waals surface area contributed by atoms with Crippen molar-refractivity contribution in [1.29, 1.82) is 0 Å². The van der Waals surface area contributed by atoms with Crippen molar-refractivity contribution in [3.63, 3.8) is 0 Å². The molecule has 1 N–H and O–H groups in total. The molecule has 3 aliphatic heterocycles. The van der Waals surface area contributed by atoms with Crippen LogP contribution in [0, 0.1) is 5.82 Å². The maximum Gasteiger partial charge on any atom is 0.416 e. The van der Waals surface area contributed by atoms with Crippen LogP contribution in [-0.2, 0) is 57.1 Å². The molecule has 4 aliphatic rings. The highest BCUT2D eigenvalue weighted by molar-refractivity contribution is 5.96. The quantitative estimate of drug-likeness (QED) is 0.0576. The van der Waals surface area contributed by atoms with Crippen molar-refractivity contribution in [3.8, 4) is 11.1 Å². The number of benzene rings is 7. The number of para-hydroxylation sites is 1. The van der Waals surface area contributed by atoms with Crippen molar-refractivity contribution in [2.75, 3.05) is 112 Å². The fraction of sp³-hybridized carbons (Fsp3) is 0.397. The number of halogens is 10. The molecule has 3 saturated heterocycles. The molecule has 0 unspecified atom stereocenters. The Hall–Kier alpha value is -8.13. The van der Waals surface area contributed by atoms with Gasteiger partial charge >= 0.3 is 18.4 Å². The number of anilines is 1. The molecule has 0 radical (unpaired) electrons. The van der Waals surface area contributed by atoms with Gasteiger partial charge < -0.3 is 44.0 Å². The molecule has 1 spiro atoms. The summed E-state index contributed by atoms with van der Waals surface area (Å²) in [4.78, 5) is 81.9. The molecule has 16 nitrogen and oxygen atoms in total. The number of carboxylic acid groups (broad SMARTS) is 1. The first kappa shape index (κ1) is 81.5. The molecule has 0 saturated carbocycles. The largest absolute Gasteiger partial charge is 0.465 e. The lowest BCUT2D eigenvalue weighted by molar-refractivity contribution is -0.143. The average molecular weight is 1500 g/mol. The normalized spacial score (nSPS) is 17.5. The number of nitrogens with zero attached hydrogens (tertiary/aromatic N) is 8. The Kier molecular flexibility index (Phi) is 27.7. The van der Waals surface area contributed by atoms with E-state index < -0.39 is 64.6 Å². The topological polar surface area (TPSA) is 150 Å². The van der Waals surface area contributed by atoms with E-state index in [1.807, 2.05) is 129 Å². The lowest BCUT2D eigenvalue weighted by atomic mass is 9.72. The summed E-state index contributed by atoms with van der Waals surface area (Å²) in [6.45, 7) is 5.38. The molecule has 0 bridgehead atoms. The molecule has 7 aromatic rings. The number of likely N-dealkylation sites (N-methyl/N-ethyl adjacent to an activating group) is 2. The average Bonchev–Trinajstić information content (AvgIpc) is 1.59. The standard InChI is InChI=1S/C78H85F7N8O8.3ClH/c1-86(50-55-14-12-18-59(44-55)72(96)89(4)42-43-90-37-30-65(31-38-90)93(74(98)99)68-21-11-9-19-66(68)56-15-6-5-7-16-56)49-54-22-24-57(25-23-54)71(95)88(3)36-13-35-87(2)70(94)51-100-69-47-58-17-8-10-20-67(58)75(69)32-39-91(40-33-75)41-34-76(61-26-28-64(79)29-27-61)52-92(53-101-76)73(97)60-45-62(77(80,81)82)48-63(46-60)78(83,84)85;;;/h5-12,14-29,44-46,48,65,69H,13,30-43,47,49-53H2,1-4H3,(H,98,99);3*1H/t69-,76-;;;/m0.../s1. The highest BCUT2D eigenvalue weighted by atomic mass is 35.5. The minimum atomic E-state index is -5.15. The monoisotopic (exact) mass is 1500 g/mol. The number of hydrogen-bond acceptors (Lipinski definition) is 10. The van der Waals surface area contributed by atoms with Gasteiger partial charge in [0.2, 0.25) is 5.91 Å². The minimum Gasteiger partial charge on any atom is -0.465 e. The first-order chi connectivity index (χ1) is 48.3. The molecule has 26 heteroatoms. The molecule has 5 amide bonds. The lowest BCUT2D eigenvalue weighted by Crippen LogP contribution is -2.50. The van der Waals surface area contributed by atoms with Gasteiger partial charge in [0.15, 0.2) is 0 Å². The summed E-state index contributed by atoms with van der Waals surface area (Å²) in [5.74, 6) is -2.04. The first-order valence-corrected chi connectivity index (χ1v) is 34.2. The number of likely N-dealkylation sites (tertiary alicyclic amines) is 2. The van der Waals surface area contributed by atoms with Gasteiger partial charge in [0.05, 0.1) is 29.5 Å². The molecule has 104 heavy (non-hydrogen) atoms. The van der Waals surface area contributed by atoms with Crippen LogP contribution in [0.2, 0.25) is 0 Å². The van der Waals surface area contributed by atoms with Crippen molar-refractivity contribution >= 4 is 72.6 Å². The van der Waals surface area contributed by atoms with E-state index in [1.165, 1.54) is 29.2 Å². The zero-order valence-electron chi connectivity index (χ0n) is 58.4. The van der Waals surface area contributed by atoms with Gasteiger partial charge in [-0.15, -0.1) is 37.2 Å². The third kappa shape index (κ3) is 19.3. The fourth-order valence-electron chi connectivity index (χ4n) is 14.8. The van der Waals surface area contributed by atoms with Gasteiger partial charge in [0.25, 0.3) is 17.7 Å². The number of rotatable bonds is 24. The molecule has 7 aromatic carbocycles. The Labute approximate surface area is 620 Å². The van der Waals surface area contributed by atoms with Gasteiger partial charge in [-0.25, -0.2) is 9.18 Å². The predicted molar refractivity (Wildman–Crippen MR) is 391 cm³/mol. The lowest BCUT2D eigenvalue weighted by Gasteiger charge is -2.44. The van der Waals surface area contributed by atoms with Gasteiger partial charge in [-0.3, -0.25) is 29.0 Å². The molecule has 1 aliphatic carbocycles. The summed E-state index contributed by atoms with van der Waals surface area (Å²) in [7, 11) is 7.26. The summed E-state index contributed by atoms with van der Waals surface area (Å²) in [5, 5.41) is 10.4. The predicted octanol–water partition coefficient (Wildman–Crippen LogP) is 14.5. The van der Waals surface area contributed by atoms with Crippen molar-refractivity contribution < 1.29 is 69.3 Å². The van der Waals surface area contributed by atoms with Crippen LogP contribution in [0.25, 0.3) is 11.1 Å². The van der Waals surface area contributed by atoms with E-state index in [2.05, 4.69) is 26.8 Å². The SMILES string of the molecule is CN(Cc1ccc(C(=O)N(C)CCCN(C)C(=O)CO[C@H]2Cc3ccccc3C23CCN(CC[C@@]2(c4ccc(F)cc4)CN(C(=O)c4cc(C(F)(F)F)cc(C(F)(F)F)c4)CO2)CC3)cc1)Cc1cccc(C(=O)N(C)CCN2CCC(N(C(=O)O)c3ccccc3-c3ccccc3)CC2)c1.Cl.Cl.Cl. The second kappa shape index (κ2) is 35.3. The summed E-state index contributed by atoms with van der Waals surface area (Å²) in [6, 6.07) is 46.8. The second-order valence-corrected chi connectivity index (χ2v) is 27.3. The summed E-state index contributed by atoms with van der Waals surface area (Å²) in [6.07, 6.45) is -7.53. The van der Waals surface area contributed by atoms with Crippen LogP contribution in [0.15, 0.2) is 170 Å². The van der Waals surface area contributed by atoms with Gasteiger partial charge in [-0.05, 0) is 159 Å². The summed E-state index contributed by atoms with van der Waals surface area (Å²) in [5.41, 5.74) is 2.72. The van der Waals surface area contributed by atoms with E-state index in [1.54, 1.807) is 28.8 Å². The molecule has 558 valence electrons. The highest BCUT2D eigenvalue weighted by Crippen LogP contribution is 2.49. The van der Waals surface area contributed by atoms with Crippen LogP contribution in [0.1, 0.15) is 109 Å². The number of alkyl halides is 6. The Morgan fingerprint density at radius 2 is 1.20 bits per heavy atom. The van der Waals surface area contributed by atoms with Crippen LogP contribution in [0.4, 0.5) is 41.2 Å². The minimum absolute atomic E-state index is 0. The van der Waals surface area contributed by atoms with Crippen LogP contribution in [0.5, 0.6) is 0 Å². The van der Waals surface area contributed by atoms with E-state index in [4.69, 9.17) is 9.47 Å². The Morgan fingerprint density at radius 3 is 1.87 bits per heavy atom. The van der Waals surface area contributed by atoms with Crippen LogP contribution in [0.3, 0.4) is 0 Å². The zero-order valence-corrected chi connectivity index (χ0v) is 60.9. The number of ether oxygens (including phenoxy) is 2. The molecule has 11 rings (SSSR count). The Balaban J connectivity index is 0.00000456. The zero-order chi connectivity index (χ0) is 71.8. The van der Waals surface area contributed by atoms with Crippen molar-refractivity contribution in [2.24, 2.45) is 0 Å². The van der Waals surface area contributed by atoms with E-state index in [9.17, 15) is 59.8 Å². The van der Waals surface area contributed by atoms with Crippen LogP contribution in [-0.4, -0.2) is 188 Å². The maximum atomic E-state index is 14.3. The summed E-state index contributed by atoms with van der Waals surface area (Å²) < 4.78 is 110. The molecule has 2 atom stereocenters. The number of piperidine rings is 2. The molecule has 0 aromatic heterocycles. The van der Waals surface area contributed by atoms with E-state index in [-0.39, 0.29) is 92.7 Å². The van der Waals surface area contributed by atoms with Crippen LogP contribution < -0.4 is 4.90 Å². The number of carbonyl (C=O) groups is 5. The van der Waals surface area contributed by atoms with Crippen molar-refractivity contribution in [3.05, 3.63) is 231 Å². The number of fused-ring (bicyclic) bond motifs is 2. The number of hydrogen-bond donors (Lipinski definition) is 1. The maximum absolute atomic E-state index is 14.3. The number of amides is 5. The van der Waals surface area contributed by atoms with Crippen molar-refractivity contribution in [1.82, 2.24) is 34.3 Å². The molecule has 3 heterocycles. The van der Waals surface area contributed by atoms with E-state index in [0.29, 0.717) is 145 Å². The van der Waals surface area contributed by atoms with Gasteiger partial charge in [-0.2, -0.15) is 26.3 Å². The van der Waals surface area contributed by atoms with E-state index >= 15 is 0 Å². The smallest absolute Gasteiger partial charge is 0.416 e. The highest BCUT2D eigenvalue weighted by Gasteiger charge is 2.50. The second-order valence-electron chi connectivity index (χ2n) is 27.3. The molecule has 3 fully saturated rings. The third-order valence-corrected chi connectivity index (χ3v) is 20.5. The third-order valence-electron chi connectivity index (χ3n) is 20.5.